The van der Waals surface area contributed by atoms with Gasteiger partial charge in [-0.3, -0.25) is 5.10 Å². The molecule has 20 heavy (non-hydrogen) atoms. The Morgan fingerprint density at radius 1 is 1.15 bits per heavy atom. The van der Waals surface area contributed by atoms with Crippen LogP contribution in [-0.2, 0) is 13.1 Å². The molecule has 0 saturated heterocycles. The summed E-state index contributed by atoms with van der Waals surface area (Å²) in [6.07, 6.45) is 1.88. The van der Waals surface area contributed by atoms with E-state index in [2.05, 4.69) is 27.0 Å². The number of rotatable bonds is 5. The monoisotopic (exact) mass is 303 g/mol. The van der Waals surface area contributed by atoms with Crippen LogP contribution in [0.4, 0.5) is 0 Å². The largest absolute Gasteiger partial charge is 0.308 e. The minimum atomic E-state index is 0.767. The smallest absolute Gasteiger partial charge is 0.0794 e. The Balaban J connectivity index is 1.62. The normalized spacial score (nSPS) is 10.8. The van der Waals surface area contributed by atoms with Gasteiger partial charge in [-0.25, -0.2) is 0 Å². The highest BCUT2D eigenvalue weighted by atomic mass is 35.5. The summed E-state index contributed by atoms with van der Waals surface area (Å²) in [7, 11) is 0. The van der Waals surface area contributed by atoms with E-state index < -0.39 is 0 Å². The Morgan fingerprint density at radius 3 is 2.75 bits per heavy atom. The predicted octanol–water partition coefficient (Wildman–Crippen LogP) is 4.08. The fraction of sp³-hybridized carbons (Fsp3) is 0.133. The van der Waals surface area contributed by atoms with Gasteiger partial charge in [0.2, 0.25) is 0 Å². The van der Waals surface area contributed by atoms with Crippen molar-refractivity contribution in [1.29, 1.82) is 0 Å². The van der Waals surface area contributed by atoms with Gasteiger partial charge in [0.15, 0.2) is 0 Å². The van der Waals surface area contributed by atoms with Gasteiger partial charge in [0.25, 0.3) is 0 Å². The third-order valence-corrected chi connectivity index (χ3v) is 4.18. The van der Waals surface area contributed by atoms with Crippen LogP contribution < -0.4 is 5.32 Å². The maximum atomic E-state index is 5.87. The van der Waals surface area contributed by atoms with Crippen molar-refractivity contribution in [3.05, 3.63) is 64.1 Å². The topological polar surface area (TPSA) is 40.7 Å². The van der Waals surface area contributed by atoms with Crippen LogP contribution in [0, 0.1) is 0 Å². The Morgan fingerprint density at radius 2 is 2.00 bits per heavy atom. The first-order chi connectivity index (χ1) is 9.83. The van der Waals surface area contributed by atoms with E-state index in [0.717, 1.165) is 23.8 Å². The number of thiophene rings is 1. The minimum absolute atomic E-state index is 0.767. The molecule has 0 bridgehead atoms. The highest BCUT2D eigenvalue weighted by molar-refractivity contribution is 7.13. The second-order valence-electron chi connectivity index (χ2n) is 4.48. The highest BCUT2D eigenvalue weighted by Crippen LogP contribution is 2.25. The molecule has 0 saturated carbocycles. The van der Waals surface area contributed by atoms with Crippen LogP contribution in [0.1, 0.15) is 11.1 Å². The Bertz CT molecular complexity index is 659. The van der Waals surface area contributed by atoms with Crippen LogP contribution in [0.5, 0.6) is 0 Å². The van der Waals surface area contributed by atoms with Gasteiger partial charge in [-0.15, -0.1) is 11.3 Å². The van der Waals surface area contributed by atoms with Crippen molar-refractivity contribution in [3.63, 3.8) is 0 Å². The van der Waals surface area contributed by atoms with Crippen LogP contribution >= 0.6 is 22.9 Å². The van der Waals surface area contributed by atoms with E-state index in [0.29, 0.717) is 0 Å². The first-order valence-electron chi connectivity index (χ1n) is 6.34. The molecule has 0 fully saturated rings. The number of aromatic amines is 1. The zero-order chi connectivity index (χ0) is 13.8. The summed E-state index contributed by atoms with van der Waals surface area (Å²) in [6, 6.07) is 12.0. The molecule has 0 radical (unpaired) electrons. The van der Waals surface area contributed by atoms with Crippen LogP contribution in [0.25, 0.3) is 10.6 Å². The number of nitrogens with zero attached hydrogens (tertiary/aromatic N) is 1. The van der Waals surface area contributed by atoms with E-state index in [1.807, 2.05) is 36.5 Å². The van der Waals surface area contributed by atoms with Crippen LogP contribution in [-0.4, -0.2) is 10.2 Å². The molecule has 2 N–H and O–H groups in total. The zero-order valence-corrected chi connectivity index (χ0v) is 12.3. The number of H-pyrrole nitrogens is 1. The quantitative estimate of drug-likeness (QED) is 0.745. The van der Waals surface area contributed by atoms with Gasteiger partial charge in [-0.1, -0.05) is 29.8 Å². The lowest BCUT2D eigenvalue weighted by atomic mass is 10.2. The number of hydrogen-bond acceptors (Lipinski definition) is 3. The molecular weight excluding hydrogens is 290 g/mol. The van der Waals surface area contributed by atoms with Crippen molar-refractivity contribution in [3.8, 4) is 10.6 Å². The van der Waals surface area contributed by atoms with Gasteiger partial charge in [-0.05, 0) is 29.1 Å². The molecule has 1 aromatic carbocycles. The van der Waals surface area contributed by atoms with E-state index in [-0.39, 0.29) is 0 Å². The number of benzene rings is 1. The molecule has 3 aromatic rings. The third kappa shape index (κ3) is 3.10. The molecule has 2 heterocycles. The Labute approximate surface area is 126 Å². The van der Waals surface area contributed by atoms with Gasteiger partial charge in [0.1, 0.15) is 0 Å². The van der Waals surface area contributed by atoms with Gasteiger partial charge in [0.05, 0.1) is 16.8 Å². The SMILES string of the molecule is Clc1ccc(CNCc2cn[nH]c2-c2cccs2)cc1. The first-order valence-corrected chi connectivity index (χ1v) is 7.60. The van der Waals surface area contributed by atoms with Crippen molar-refractivity contribution in [2.75, 3.05) is 0 Å². The summed E-state index contributed by atoms with van der Waals surface area (Å²) in [5.41, 5.74) is 3.50. The molecule has 0 atom stereocenters. The second kappa shape index (κ2) is 6.22. The molecule has 0 aliphatic rings. The average Bonchev–Trinajstić information content (AvgIpc) is 3.11. The lowest BCUT2D eigenvalue weighted by molar-refractivity contribution is 0.694. The summed E-state index contributed by atoms with van der Waals surface area (Å²) in [5.74, 6) is 0. The van der Waals surface area contributed by atoms with Crippen molar-refractivity contribution < 1.29 is 0 Å². The summed E-state index contributed by atoms with van der Waals surface area (Å²) in [5, 5.41) is 13.5. The van der Waals surface area contributed by atoms with Gasteiger partial charge in [-0.2, -0.15) is 5.10 Å². The molecule has 3 nitrogen and oxygen atoms in total. The minimum Gasteiger partial charge on any atom is -0.308 e. The maximum Gasteiger partial charge on any atom is 0.0794 e. The Kier molecular flexibility index (Phi) is 4.16. The van der Waals surface area contributed by atoms with Crippen molar-refractivity contribution in [2.45, 2.75) is 13.1 Å². The van der Waals surface area contributed by atoms with Crippen LogP contribution in [0.3, 0.4) is 0 Å². The van der Waals surface area contributed by atoms with Gasteiger partial charge < -0.3 is 5.32 Å². The molecule has 102 valence electrons. The molecule has 0 aliphatic heterocycles. The van der Waals surface area contributed by atoms with E-state index >= 15 is 0 Å². The number of aromatic nitrogens is 2. The molecule has 2 aromatic heterocycles. The van der Waals surface area contributed by atoms with Crippen molar-refractivity contribution in [1.82, 2.24) is 15.5 Å². The molecule has 0 aliphatic carbocycles. The highest BCUT2D eigenvalue weighted by Gasteiger charge is 2.07. The number of halogens is 1. The van der Waals surface area contributed by atoms with E-state index in [1.165, 1.54) is 16.0 Å². The zero-order valence-electron chi connectivity index (χ0n) is 10.8. The fourth-order valence-electron chi connectivity index (χ4n) is 2.02. The average molecular weight is 304 g/mol. The number of nitrogens with one attached hydrogen (secondary N) is 2. The lowest BCUT2D eigenvalue weighted by Crippen LogP contribution is -2.12. The summed E-state index contributed by atoms with van der Waals surface area (Å²) >= 11 is 7.59. The van der Waals surface area contributed by atoms with E-state index in [1.54, 1.807) is 11.3 Å². The molecule has 5 heteroatoms. The summed E-state index contributed by atoms with van der Waals surface area (Å²) in [4.78, 5) is 1.21. The standard InChI is InChI=1S/C15H14ClN3S/c16-13-5-3-11(4-6-13)8-17-9-12-10-18-19-15(12)14-2-1-7-20-14/h1-7,10,17H,8-9H2,(H,18,19). The molecule has 0 unspecified atom stereocenters. The Hall–Kier alpha value is -1.62. The summed E-state index contributed by atoms with van der Waals surface area (Å²) in [6.45, 7) is 1.60. The van der Waals surface area contributed by atoms with Crippen molar-refractivity contribution >= 4 is 22.9 Å². The first kappa shape index (κ1) is 13.4. The molecule has 0 amide bonds. The molecular formula is C15H14ClN3S. The van der Waals surface area contributed by atoms with Crippen LogP contribution in [0.2, 0.25) is 5.02 Å². The molecule has 0 spiro atoms. The van der Waals surface area contributed by atoms with Gasteiger partial charge in [0, 0.05) is 23.7 Å². The lowest BCUT2D eigenvalue weighted by Gasteiger charge is -2.05. The van der Waals surface area contributed by atoms with Gasteiger partial charge >= 0.3 is 0 Å². The fourth-order valence-corrected chi connectivity index (χ4v) is 2.90. The van der Waals surface area contributed by atoms with E-state index in [4.69, 9.17) is 11.6 Å². The maximum absolute atomic E-state index is 5.87. The number of hydrogen-bond donors (Lipinski definition) is 2. The predicted molar refractivity (Wildman–Crippen MR) is 83.9 cm³/mol. The third-order valence-electron chi connectivity index (χ3n) is 3.04. The van der Waals surface area contributed by atoms with Crippen LogP contribution in [0.15, 0.2) is 48.0 Å². The van der Waals surface area contributed by atoms with Crippen molar-refractivity contribution in [2.24, 2.45) is 0 Å². The molecule has 3 rings (SSSR count). The second-order valence-corrected chi connectivity index (χ2v) is 5.86. The summed E-state index contributed by atoms with van der Waals surface area (Å²) < 4.78 is 0. The van der Waals surface area contributed by atoms with E-state index in [9.17, 15) is 0 Å².